The molecule has 0 aromatic heterocycles. The van der Waals surface area contributed by atoms with E-state index in [1.54, 1.807) is 6.92 Å². The molecular weight excluding hydrogens is 340 g/mol. The van der Waals surface area contributed by atoms with Crippen LogP contribution >= 0.6 is 0 Å². The van der Waals surface area contributed by atoms with Gasteiger partial charge in [0.15, 0.2) is 0 Å². The molecule has 0 saturated carbocycles. The van der Waals surface area contributed by atoms with Crippen molar-refractivity contribution in [1.29, 1.82) is 0 Å². The number of carbonyl (C=O) groups is 1. The first kappa shape index (κ1) is 19.0. The van der Waals surface area contributed by atoms with Gasteiger partial charge >= 0.3 is 0 Å². The molecule has 2 aromatic rings. The lowest BCUT2D eigenvalue weighted by Crippen LogP contribution is -2.17. The van der Waals surface area contributed by atoms with Gasteiger partial charge in [-0.15, -0.1) is 0 Å². The summed E-state index contributed by atoms with van der Waals surface area (Å²) < 4.78 is 28.5. The van der Waals surface area contributed by atoms with Crippen LogP contribution in [0.2, 0.25) is 0 Å². The molecule has 0 spiro atoms. The molecule has 0 atom stereocenters. The van der Waals surface area contributed by atoms with E-state index in [1.165, 1.54) is 12.1 Å². The van der Waals surface area contributed by atoms with Crippen molar-refractivity contribution < 1.29 is 17.9 Å². The third-order valence-electron chi connectivity index (χ3n) is 3.84. The highest BCUT2D eigenvalue weighted by molar-refractivity contribution is 7.89. The van der Waals surface area contributed by atoms with Gasteiger partial charge in [0, 0.05) is 5.69 Å². The highest BCUT2D eigenvalue weighted by Crippen LogP contribution is 2.24. The minimum atomic E-state index is -3.83. The standard InChI is InChI=1S/C18H22N2O4S/c1-4-24-15-7-5-14(6-8-15)10-18(21)20-17-11-16(25(19,22)23)9-12(2)13(17)3/h5-9,11H,4,10H2,1-3H3,(H,20,21)(H2,19,22,23). The molecule has 0 bridgehead atoms. The third kappa shape index (κ3) is 5.04. The normalized spacial score (nSPS) is 11.2. The smallest absolute Gasteiger partial charge is 0.238 e. The molecule has 0 fully saturated rings. The lowest BCUT2D eigenvalue weighted by atomic mass is 10.1. The summed E-state index contributed by atoms with van der Waals surface area (Å²) in [5.41, 5.74) is 2.81. The molecular formula is C18H22N2O4S. The monoisotopic (exact) mass is 362 g/mol. The van der Waals surface area contributed by atoms with Crippen LogP contribution in [-0.2, 0) is 21.2 Å². The van der Waals surface area contributed by atoms with Crippen LogP contribution in [0.4, 0.5) is 5.69 Å². The van der Waals surface area contributed by atoms with E-state index in [1.807, 2.05) is 38.1 Å². The van der Waals surface area contributed by atoms with Crippen molar-refractivity contribution in [3.8, 4) is 5.75 Å². The number of nitrogens with one attached hydrogen (secondary N) is 1. The van der Waals surface area contributed by atoms with Crippen LogP contribution in [-0.4, -0.2) is 20.9 Å². The highest BCUT2D eigenvalue weighted by atomic mass is 32.2. The zero-order valence-electron chi connectivity index (χ0n) is 14.5. The summed E-state index contributed by atoms with van der Waals surface area (Å²) in [7, 11) is -3.83. The Balaban J connectivity index is 2.16. The number of primary sulfonamides is 1. The van der Waals surface area contributed by atoms with E-state index in [9.17, 15) is 13.2 Å². The van der Waals surface area contributed by atoms with Gasteiger partial charge in [0.05, 0.1) is 17.9 Å². The number of hydrogen-bond acceptors (Lipinski definition) is 4. The van der Waals surface area contributed by atoms with Crippen LogP contribution < -0.4 is 15.2 Å². The van der Waals surface area contributed by atoms with Crippen molar-refractivity contribution in [3.63, 3.8) is 0 Å². The van der Waals surface area contributed by atoms with Gasteiger partial charge < -0.3 is 10.1 Å². The molecule has 2 rings (SSSR count). The minimum Gasteiger partial charge on any atom is -0.494 e. The molecule has 3 N–H and O–H groups in total. The van der Waals surface area contributed by atoms with E-state index in [0.717, 1.165) is 22.4 Å². The summed E-state index contributed by atoms with van der Waals surface area (Å²) in [6.07, 6.45) is 0.171. The number of nitrogens with two attached hydrogens (primary N) is 1. The van der Waals surface area contributed by atoms with E-state index in [-0.39, 0.29) is 17.2 Å². The quantitative estimate of drug-likeness (QED) is 0.825. The molecule has 0 radical (unpaired) electrons. The first-order valence-electron chi connectivity index (χ1n) is 7.86. The van der Waals surface area contributed by atoms with Crippen LogP contribution in [0.3, 0.4) is 0 Å². The summed E-state index contributed by atoms with van der Waals surface area (Å²) in [5, 5.41) is 7.95. The van der Waals surface area contributed by atoms with Crippen molar-refractivity contribution >= 4 is 21.6 Å². The van der Waals surface area contributed by atoms with Crippen LogP contribution in [0.25, 0.3) is 0 Å². The van der Waals surface area contributed by atoms with E-state index >= 15 is 0 Å². The number of benzene rings is 2. The van der Waals surface area contributed by atoms with Crippen molar-refractivity contribution in [2.24, 2.45) is 5.14 Å². The number of aryl methyl sites for hydroxylation is 1. The zero-order valence-corrected chi connectivity index (χ0v) is 15.3. The molecule has 0 unspecified atom stereocenters. The fourth-order valence-electron chi connectivity index (χ4n) is 2.37. The minimum absolute atomic E-state index is 0.0213. The molecule has 0 aliphatic heterocycles. The number of amides is 1. The first-order chi connectivity index (χ1) is 11.7. The topological polar surface area (TPSA) is 98.5 Å². The molecule has 6 nitrogen and oxygen atoms in total. The third-order valence-corrected chi connectivity index (χ3v) is 4.74. The molecule has 25 heavy (non-hydrogen) atoms. The summed E-state index contributed by atoms with van der Waals surface area (Å²) in [6.45, 7) is 6.07. The Kier molecular flexibility index (Phi) is 5.81. The number of carbonyl (C=O) groups excluding carboxylic acids is 1. The SMILES string of the molecule is CCOc1ccc(CC(=O)Nc2cc(S(N)(=O)=O)cc(C)c2C)cc1. The molecule has 7 heteroatoms. The predicted octanol–water partition coefficient (Wildman–Crippen LogP) is 2.53. The second-order valence-corrected chi connectivity index (χ2v) is 7.32. The van der Waals surface area contributed by atoms with Gasteiger partial charge in [0.25, 0.3) is 0 Å². The van der Waals surface area contributed by atoms with Crippen molar-refractivity contribution in [2.45, 2.75) is 32.1 Å². The molecule has 134 valence electrons. The maximum Gasteiger partial charge on any atom is 0.238 e. The fraction of sp³-hybridized carbons (Fsp3) is 0.278. The molecule has 0 heterocycles. The second kappa shape index (κ2) is 7.67. The van der Waals surface area contributed by atoms with Gasteiger partial charge in [0.1, 0.15) is 5.75 Å². The summed E-state index contributed by atoms with van der Waals surface area (Å²) >= 11 is 0. The fourth-order valence-corrected chi connectivity index (χ4v) is 2.99. The zero-order chi connectivity index (χ0) is 18.6. The van der Waals surface area contributed by atoms with Crippen LogP contribution in [0.15, 0.2) is 41.3 Å². The van der Waals surface area contributed by atoms with Crippen molar-refractivity contribution in [1.82, 2.24) is 0 Å². The highest BCUT2D eigenvalue weighted by Gasteiger charge is 2.14. The van der Waals surface area contributed by atoms with Crippen LogP contribution in [0.1, 0.15) is 23.6 Å². The Morgan fingerprint density at radius 2 is 1.80 bits per heavy atom. The largest absolute Gasteiger partial charge is 0.494 e. The molecule has 2 aromatic carbocycles. The maximum absolute atomic E-state index is 12.3. The van der Waals surface area contributed by atoms with Gasteiger partial charge in [0.2, 0.25) is 15.9 Å². The van der Waals surface area contributed by atoms with E-state index in [4.69, 9.17) is 9.88 Å². The van der Waals surface area contributed by atoms with Gasteiger partial charge in [-0.1, -0.05) is 12.1 Å². The van der Waals surface area contributed by atoms with Crippen molar-refractivity contribution in [2.75, 3.05) is 11.9 Å². The maximum atomic E-state index is 12.3. The van der Waals surface area contributed by atoms with Gasteiger partial charge in [-0.25, -0.2) is 13.6 Å². The van der Waals surface area contributed by atoms with E-state index in [2.05, 4.69) is 5.32 Å². The molecule has 0 saturated heterocycles. The Labute approximate surface area is 148 Å². The summed E-state index contributed by atoms with van der Waals surface area (Å²) in [5.74, 6) is 0.511. The average Bonchev–Trinajstić information content (AvgIpc) is 2.52. The lowest BCUT2D eigenvalue weighted by Gasteiger charge is -2.13. The Bertz CT molecular complexity index is 875. The molecule has 1 amide bonds. The number of anilines is 1. The number of hydrogen-bond donors (Lipinski definition) is 2. The van der Waals surface area contributed by atoms with E-state index < -0.39 is 10.0 Å². The molecule has 0 aliphatic rings. The number of rotatable bonds is 6. The lowest BCUT2D eigenvalue weighted by molar-refractivity contribution is -0.115. The van der Waals surface area contributed by atoms with Gasteiger partial charge in [-0.05, 0) is 61.7 Å². The Morgan fingerprint density at radius 1 is 1.16 bits per heavy atom. The second-order valence-electron chi connectivity index (χ2n) is 5.76. The predicted molar refractivity (Wildman–Crippen MR) is 97.2 cm³/mol. The number of sulfonamides is 1. The summed E-state index contributed by atoms with van der Waals surface area (Å²) in [6, 6.07) is 10.1. The van der Waals surface area contributed by atoms with Crippen LogP contribution in [0, 0.1) is 13.8 Å². The van der Waals surface area contributed by atoms with Gasteiger partial charge in [-0.2, -0.15) is 0 Å². The average molecular weight is 362 g/mol. The Morgan fingerprint density at radius 3 is 2.36 bits per heavy atom. The number of ether oxygens (including phenoxy) is 1. The molecule has 0 aliphatic carbocycles. The van der Waals surface area contributed by atoms with E-state index in [0.29, 0.717) is 12.3 Å². The first-order valence-corrected chi connectivity index (χ1v) is 9.41. The van der Waals surface area contributed by atoms with Crippen LogP contribution in [0.5, 0.6) is 5.75 Å². The van der Waals surface area contributed by atoms with Crippen molar-refractivity contribution in [3.05, 3.63) is 53.1 Å². The summed E-state index contributed by atoms with van der Waals surface area (Å²) in [4.78, 5) is 12.3. The van der Waals surface area contributed by atoms with Gasteiger partial charge in [-0.3, -0.25) is 4.79 Å². The Hall–Kier alpha value is -2.38.